The van der Waals surface area contributed by atoms with E-state index in [2.05, 4.69) is 29.1 Å². The fraction of sp³-hybridized carbons (Fsp3) is 0.556. The molecule has 6 atom stereocenters. The Kier molecular flexibility index (Phi) is 10.3. The second kappa shape index (κ2) is 10.8. The molecule has 3 unspecified atom stereocenters. The van der Waals surface area contributed by atoms with E-state index in [1.54, 1.807) is 0 Å². The van der Waals surface area contributed by atoms with Crippen LogP contribution in [-0.4, -0.2) is 93.8 Å². The topological polar surface area (TPSA) is 264 Å². The molecular formula is C9H14BrN2NaO15P3. The molecule has 22 heteroatoms. The average Bonchev–Trinajstić information content (AvgIpc) is 2.81. The zero-order valence-corrected chi connectivity index (χ0v) is 21.4. The first-order valence-electron chi connectivity index (χ1n) is 7.32. The molecule has 1 aromatic heterocycles. The molecule has 1 fully saturated rings. The Morgan fingerprint density at radius 1 is 1.06 bits per heavy atom. The van der Waals surface area contributed by atoms with E-state index in [-0.39, 0.29) is 34.0 Å². The summed E-state index contributed by atoms with van der Waals surface area (Å²) in [6.45, 7) is -1.06. The molecule has 0 saturated carbocycles. The summed E-state index contributed by atoms with van der Waals surface area (Å²) in [6, 6.07) is 0. The molecule has 0 aromatic carbocycles. The van der Waals surface area contributed by atoms with Crippen molar-refractivity contribution in [3.63, 3.8) is 0 Å². The maximum atomic E-state index is 11.9. The van der Waals surface area contributed by atoms with Gasteiger partial charge in [0.25, 0.3) is 5.56 Å². The smallest absolute Gasteiger partial charge is 0.387 e. The van der Waals surface area contributed by atoms with E-state index >= 15 is 0 Å². The Labute approximate surface area is 201 Å². The second-order valence-electron chi connectivity index (χ2n) is 5.58. The Morgan fingerprint density at radius 3 is 2.19 bits per heavy atom. The number of aliphatic hydroxyl groups excluding tert-OH is 2. The quantitative estimate of drug-likeness (QED) is 0.127. The molecule has 31 heavy (non-hydrogen) atoms. The second-order valence-corrected chi connectivity index (χ2v) is 10.9. The molecule has 1 aromatic rings. The van der Waals surface area contributed by atoms with Gasteiger partial charge >= 0.3 is 29.2 Å². The molecule has 2 rings (SSSR count). The third kappa shape index (κ3) is 8.31. The van der Waals surface area contributed by atoms with Crippen molar-refractivity contribution in [1.29, 1.82) is 0 Å². The number of nitrogens with one attached hydrogen (secondary N) is 1. The predicted octanol–water partition coefficient (Wildman–Crippen LogP) is -2.12. The van der Waals surface area contributed by atoms with Crippen LogP contribution in [-0.2, 0) is 31.6 Å². The fourth-order valence-corrected chi connectivity index (χ4v) is 5.57. The maximum Gasteiger partial charge on any atom is 0.490 e. The number of phosphoric ester groups is 1. The Bertz CT molecular complexity index is 1050. The van der Waals surface area contributed by atoms with Crippen LogP contribution in [0.2, 0.25) is 0 Å². The molecule has 17 nitrogen and oxygen atoms in total. The van der Waals surface area contributed by atoms with Crippen LogP contribution in [0.5, 0.6) is 0 Å². The summed E-state index contributed by atoms with van der Waals surface area (Å²) in [5.41, 5.74) is -1.80. The number of phosphoric acid groups is 3. The van der Waals surface area contributed by atoms with Crippen molar-refractivity contribution < 1.29 is 61.4 Å². The number of aromatic nitrogens is 2. The van der Waals surface area contributed by atoms with Crippen LogP contribution in [0.15, 0.2) is 20.3 Å². The maximum absolute atomic E-state index is 11.9. The molecule has 7 N–H and O–H groups in total. The van der Waals surface area contributed by atoms with Crippen LogP contribution in [0.25, 0.3) is 0 Å². The number of rotatable bonds is 8. The Morgan fingerprint density at radius 2 is 1.65 bits per heavy atom. The van der Waals surface area contributed by atoms with E-state index < -0.39 is 65.9 Å². The van der Waals surface area contributed by atoms with Crippen molar-refractivity contribution >= 4 is 69.0 Å². The average molecular weight is 586 g/mol. The van der Waals surface area contributed by atoms with Gasteiger partial charge in [-0.25, -0.2) is 18.5 Å². The number of ether oxygens (including phenoxy) is 1. The normalized spacial score (nSPS) is 27.8. The number of halogens is 1. The summed E-state index contributed by atoms with van der Waals surface area (Å²) in [7, 11) is -16.8. The van der Waals surface area contributed by atoms with Gasteiger partial charge in [0.15, 0.2) is 6.23 Å². The first-order valence-corrected chi connectivity index (χ1v) is 12.6. The number of hydrogen-bond acceptors (Lipinski definition) is 11. The molecule has 0 amide bonds. The minimum Gasteiger partial charge on any atom is -0.387 e. The van der Waals surface area contributed by atoms with E-state index in [0.717, 1.165) is 6.20 Å². The number of aliphatic hydroxyl groups is 2. The van der Waals surface area contributed by atoms with Gasteiger partial charge in [0.2, 0.25) is 0 Å². The Balaban J connectivity index is 0.00000480. The molecule has 173 valence electrons. The first kappa shape index (κ1) is 29.5. The fourth-order valence-electron chi connectivity index (χ4n) is 2.22. The predicted molar refractivity (Wildman–Crippen MR) is 101 cm³/mol. The number of H-pyrrole nitrogens is 1. The molecule has 0 aliphatic carbocycles. The molecule has 1 radical (unpaired) electrons. The van der Waals surface area contributed by atoms with Crippen LogP contribution in [0, 0.1) is 0 Å². The first-order chi connectivity index (χ1) is 13.5. The minimum absolute atomic E-state index is 0. The van der Waals surface area contributed by atoms with Crippen molar-refractivity contribution in [3.05, 3.63) is 31.5 Å². The molecular weight excluding hydrogens is 572 g/mol. The SMILES string of the molecule is O=c1[nH]c(=O)n([C@@H]2O[C@H](COP(=O)(O)OP(=O)(O)OP(=O)(O)O)[C@H](O)C2O)cc1Br.[Na]. The van der Waals surface area contributed by atoms with Gasteiger partial charge in [0, 0.05) is 35.8 Å². The van der Waals surface area contributed by atoms with Gasteiger partial charge in [-0.2, -0.15) is 8.62 Å². The van der Waals surface area contributed by atoms with Crippen LogP contribution in [0.3, 0.4) is 0 Å². The van der Waals surface area contributed by atoms with E-state index in [9.17, 15) is 38.4 Å². The zero-order chi connectivity index (χ0) is 23.1. The third-order valence-corrected chi connectivity index (χ3v) is 7.72. The van der Waals surface area contributed by atoms with Crippen LogP contribution < -0.4 is 11.2 Å². The molecule has 2 heterocycles. The molecule has 1 saturated heterocycles. The zero-order valence-electron chi connectivity index (χ0n) is 15.1. The van der Waals surface area contributed by atoms with Gasteiger partial charge < -0.3 is 34.5 Å². The van der Waals surface area contributed by atoms with Crippen molar-refractivity contribution in [3.8, 4) is 0 Å². The van der Waals surface area contributed by atoms with Gasteiger partial charge in [-0.15, -0.1) is 0 Å². The molecule has 1 aliphatic heterocycles. The standard InChI is InChI=1S/C9H14BrN2O15P3.Na/c10-3-1-12(9(16)11-7(3)15)8-6(14)5(13)4(25-8)2-24-29(20,21)27-30(22,23)26-28(17,18)19;/h1,4-6,8,13-14H,2H2,(H,20,21)(H,22,23)(H,11,15,16)(H2,17,18,19);/t4-,5+,6?,8-;/m1./s1. The molecule has 0 spiro atoms. The Hall–Kier alpha value is 0.450. The van der Waals surface area contributed by atoms with Crippen LogP contribution >= 0.6 is 39.4 Å². The van der Waals surface area contributed by atoms with Crippen LogP contribution in [0.1, 0.15) is 6.23 Å². The monoisotopic (exact) mass is 585 g/mol. The van der Waals surface area contributed by atoms with Crippen molar-refractivity contribution in [2.75, 3.05) is 6.61 Å². The van der Waals surface area contributed by atoms with Crippen LogP contribution in [0.4, 0.5) is 0 Å². The van der Waals surface area contributed by atoms with E-state index in [0.29, 0.717) is 4.57 Å². The van der Waals surface area contributed by atoms with E-state index in [4.69, 9.17) is 19.4 Å². The number of aromatic amines is 1. The number of nitrogens with zero attached hydrogens (tertiary/aromatic N) is 1. The minimum atomic E-state index is -5.74. The summed E-state index contributed by atoms with van der Waals surface area (Å²) >= 11 is 2.85. The summed E-state index contributed by atoms with van der Waals surface area (Å²) < 4.78 is 50.6. The molecule has 1 aliphatic rings. The van der Waals surface area contributed by atoms with Gasteiger partial charge in [-0.3, -0.25) is 18.9 Å². The van der Waals surface area contributed by atoms with Gasteiger partial charge in [0.05, 0.1) is 11.1 Å². The number of hydrogen-bond donors (Lipinski definition) is 7. The summed E-state index contributed by atoms with van der Waals surface area (Å²) in [4.78, 5) is 60.5. The summed E-state index contributed by atoms with van der Waals surface area (Å²) in [5, 5.41) is 20.0. The van der Waals surface area contributed by atoms with Crippen molar-refractivity contribution in [2.24, 2.45) is 0 Å². The summed E-state index contributed by atoms with van der Waals surface area (Å²) in [5.74, 6) is 0. The van der Waals surface area contributed by atoms with E-state index in [1.807, 2.05) is 4.98 Å². The van der Waals surface area contributed by atoms with Crippen molar-refractivity contribution in [1.82, 2.24) is 9.55 Å². The van der Waals surface area contributed by atoms with Gasteiger partial charge in [0.1, 0.15) is 18.3 Å². The summed E-state index contributed by atoms with van der Waals surface area (Å²) in [6.07, 6.45) is -5.80. The van der Waals surface area contributed by atoms with Gasteiger partial charge in [-0.1, -0.05) is 0 Å². The largest absolute Gasteiger partial charge is 0.490 e. The molecule has 0 bridgehead atoms. The van der Waals surface area contributed by atoms with Crippen molar-refractivity contribution in [2.45, 2.75) is 24.5 Å². The van der Waals surface area contributed by atoms with E-state index in [1.165, 1.54) is 0 Å². The van der Waals surface area contributed by atoms with Gasteiger partial charge in [-0.05, 0) is 15.9 Å². The third-order valence-electron chi connectivity index (χ3n) is 3.35.